The Labute approximate surface area is 81.4 Å². The summed E-state index contributed by atoms with van der Waals surface area (Å²) >= 11 is 0. The number of epoxide rings is 1. The van der Waals surface area contributed by atoms with Gasteiger partial charge in [0.25, 0.3) is 0 Å². The molecule has 1 unspecified atom stereocenters. The molecule has 14 heavy (non-hydrogen) atoms. The van der Waals surface area contributed by atoms with E-state index in [9.17, 15) is 10.2 Å². The maximum absolute atomic E-state index is 9.44. The normalized spacial score (nSPS) is 19.6. The van der Waals surface area contributed by atoms with Crippen LogP contribution in [0.1, 0.15) is 12.0 Å². The van der Waals surface area contributed by atoms with Gasteiger partial charge in [-0.25, -0.2) is 0 Å². The lowest BCUT2D eigenvalue weighted by molar-refractivity contribution is 0.387. The molecular formula is C10H12O4. The van der Waals surface area contributed by atoms with Crippen molar-refractivity contribution in [3.63, 3.8) is 0 Å². The van der Waals surface area contributed by atoms with Crippen LogP contribution < -0.4 is 0 Å². The zero-order valence-electron chi connectivity index (χ0n) is 7.60. The number of hydrogen-bond acceptors (Lipinski definition) is 4. The maximum Gasteiger partial charge on any atom is 0.161 e. The summed E-state index contributed by atoms with van der Waals surface area (Å²) < 4.78 is 5.03. The Morgan fingerprint density at radius 2 is 1.79 bits per heavy atom. The van der Waals surface area contributed by atoms with Gasteiger partial charge in [0.05, 0.1) is 12.7 Å². The lowest BCUT2D eigenvalue weighted by Gasteiger charge is -2.05. The van der Waals surface area contributed by atoms with E-state index in [2.05, 4.69) is 0 Å². The molecule has 1 aromatic rings. The van der Waals surface area contributed by atoms with E-state index in [0.29, 0.717) is 18.1 Å². The summed E-state index contributed by atoms with van der Waals surface area (Å²) in [6.45, 7) is 0.783. The molecule has 0 bridgehead atoms. The van der Waals surface area contributed by atoms with Gasteiger partial charge < -0.3 is 20.1 Å². The van der Waals surface area contributed by atoms with E-state index in [0.717, 1.165) is 19.1 Å². The van der Waals surface area contributed by atoms with Crippen LogP contribution in [0.4, 0.5) is 0 Å². The number of phenolic OH excluding ortho intramolecular Hbond substituents is 3. The number of hydrogen-bond donors (Lipinski definition) is 3. The summed E-state index contributed by atoms with van der Waals surface area (Å²) in [7, 11) is 0. The van der Waals surface area contributed by atoms with E-state index >= 15 is 0 Å². The molecule has 2 rings (SSSR count). The van der Waals surface area contributed by atoms with Crippen LogP contribution in [0.15, 0.2) is 12.1 Å². The van der Waals surface area contributed by atoms with Crippen LogP contribution in [0, 0.1) is 0 Å². The van der Waals surface area contributed by atoms with Crippen LogP contribution in [0.3, 0.4) is 0 Å². The van der Waals surface area contributed by atoms with Crippen molar-refractivity contribution in [3.8, 4) is 17.2 Å². The predicted octanol–water partition coefficient (Wildman–Crippen LogP) is 1.13. The molecule has 1 heterocycles. The summed E-state index contributed by atoms with van der Waals surface area (Å²) in [5.41, 5.74) is 0.635. The minimum absolute atomic E-state index is 0.0148. The Hall–Kier alpha value is -1.42. The van der Waals surface area contributed by atoms with Crippen LogP contribution >= 0.6 is 0 Å². The van der Waals surface area contributed by atoms with Crippen molar-refractivity contribution in [2.45, 2.75) is 18.9 Å². The Kier molecular flexibility index (Phi) is 2.21. The fourth-order valence-corrected chi connectivity index (χ4v) is 1.36. The van der Waals surface area contributed by atoms with Gasteiger partial charge in [-0.2, -0.15) is 0 Å². The molecule has 0 spiro atoms. The quantitative estimate of drug-likeness (QED) is 0.385. The van der Waals surface area contributed by atoms with Crippen molar-refractivity contribution in [1.29, 1.82) is 0 Å². The summed E-state index contributed by atoms with van der Waals surface area (Å²) in [5, 5.41) is 27.7. The summed E-state index contributed by atoms with van der Waals surface area (Å²) in [6.07, 6.45) is 1.77. The van der Waals surface area contributed by atoms with Crippen molar-refractivity contribution in [1.82, 2.24) is 0 Å². The third-order valence-electron chi connectivity index (χ3n) is 2.31. The molecule has 3 N–H and O–H groups in total. The van der Waals surface area contributed by atoms with E-state index in [1.807, 2.05) is 0 Å². The van der Waals surface area contributed by atoms with Gasteiger partial charge in [0, 0.05) is 6.07 Å². The molecule has 1 fully saturated rings. The van der Waals surface area contributed by atoms with Crippen LogP contribution in [0.2, 0.25) is 0 Å². The third-order valence-corrected chi connectivity index (χ3v) is 2.31. The summed E-state index contributed by atoms with van der Waals surface area (Å²) in [5.74, 6) is -0.482. The first-order valence-electron chi connectivity index (χ1n) is 4.52. The molecule has 0 aromatic heterocycles. The zero-order valence-corrected chi connectivity index (χ0v) is 7.60. The highest BCUT2D eigenvalue weighted by atomic mass is 16.6. The number of rotatable bonds is 3. The Bertz CT molecular complexity index is 344. The summed E-state index contributed by atoms with van der Waals surface area (Å²) in [6, 6.07) is 2.53. The van der Waals surface area contributed by atoms with Crippen LogP contribution in [0.5, 0.6) is 17.2 Å². The predicted molar refractivity (Wildman–Crippen MR) is 49.5 cm³/mol. The first-order valence-corrected chi connectivity index (χ1v) is 4.52. The van der Waals surface area contributed by atoms with Crippen molar-refractivity contribution in [2.75, 3.05) is 6.61 Å². The first kappa shape index (κ1) is 9.15. The zero-order chi connectivity index (χ0) is 10.1. The highest BCUT2D eigenvalue weighted by Crippen LogP contribution is 2.33. The second-order valence-electron chi connectivity index (χ2n) is 3.46. The molecule has 0 saturated carbocycles. The largest absolute Gasteiger partial charge is 0.508 e. The van der Waals surface area contributed by atoms with Gasteiger partial charge in [-0.3, -0.25) is 0 Å². The van der Waals surface area contributed by atoms with E-state index < -0.39 is 0 Å². The van der Waals surface area contributed by atoms with Gasteiger partial charge in [0.2, 0.25) is 0 Å². The van der Waals surface area contributed by atoms with Gasteiger partial charge in [0.15, 0.2) is 11.5 Å². The first-order chi connectivity index (χ1) is 6.66. The highest BCUT2D eigenvalue weighted by Gasteiger charge is 2.22. The minimum Gasteiger partial charge on any atom is -0.508 e. The Morgan fingerprint density at radius 3 is 2.43 bits per heavy atom. The van der Waals surface area contributed by atoms with Crippen LogP contribution in [0.25, 0.3) is 0 Å². The molecular weight excluding hydrogens is 184 g/mol. The number of ether oxygens (including phenoxy) is 1. The van der Waals surface area contributed by atoms with E-state index in [1.165, 1.54) is 6.07 Å². The number of aryl methyl sites for hydroxylation is 1. The van der Waals surface area contributed by atoms with Crippen LogP contribution in [-0.2, 0) is 11.2 Å². The molecule has 1 atom stereocenters. The average molecular weight is 196 g/mol. The molecule has 1 aliphatic rings. The fraction of sp³-hybridized carbons (Fsp3) is 0.400. The fourth-order valence-electron chi connectivity index (χ4n) is 1.36. The smallest absolute Gasteiger partial charge is 0.161 e. The van der Waals surface area contributed by atoms with E-state index in [4.69, 9.17) is 9.84 Å². The number of benzene rings is 1. The van der Waals surface area contributed by atoms with Gasteiger partial charge in [-0.1, -0.05) is 0 Å². The van der Waals surface area contributed by atoms with Crippen molar-refractivity contribution >= 4 is 0 Å². The Balaban J connectivity index is 2.10. The van der Waals surface area contributed by atoms with Gasteiger partial charge in [-0.15, -0.1) is 0 Å². The SMILES string of the molecule is Oc1cc(O)c(CCC2CO2)cc1O. The second-order valence-corrected chi connectivity index (χ2v) is 3.46. The molecule has 1 saturated heterocycles. The molecule has 4 nitrogen and oxygen atoms in total. The number of aromatic hydroxyl groups is 3. The van der Waals surface area contributed by atoms with Gasteiger partial charge >= 0.3 is 0 Å². The van der Waals surface area contributed by atoms with Gasteiger partial charge in [0.1, 0.15) is 5.75 Å². The molecule has 1 aliphatic heterocycles. The number of phenols is 3. The minimum atomic E-state index is -0.297. The molecule has 0 amide bonds. The van der Waals surface area contributed by atoms with E-state index in [1.54, 1.807) is 0 Å². The topological polar surface area (TPSA) is 73.2 Å². The molecule has 1 aromatic carbocycles. The van der Waals surface area contributed by atoms with E-state index in [-0.39, 0.29) is 17.2 Å². The lowest BCUT2D eigenvalue weighted by Crippen LogP contribution is -1.91. The standard InChI is InChI=1S/C10H12O4/c11-8-4-10(13)9(12)3-6(8)1-2-7-5-14-7/h3-4,7,11-13H,1-2,5H2. The second kappa shape index (κ2) is 3.38. The van der Waals surface area contributed by atoms with Crippen molar-refractivity contribution in [2.24, 2.45) is 0 Å². The van der Waals surface area contributed by atoms with Crippen molar-refractivity contribution < 1.29 is 20.1 Å². The van der Waals surface area contributed by atoms with Crippen LogP contribution in [-0.4, -0.2) is 28.0 Å². The maximum atomic E-state index is 9.44. The average Bonchev–Trinajstić information content (AvgIpc) is 2.92. The molecule has 76 valence electrons. The van der Waals surface area contributed by atoms with Crippen molar-refractivity contribution in [3.05, 3.63) is 17.7 Å². The third kappa shape index (κ3) is 1.90. The molecule has 4 heteroatoms. The summed E-state index contributed by atoms with van der Waals surface area (Å²) in [4.78, 5) is 0. The highest BCUT2D eigenvalue weighted by molar-refractivity contribution is 5.48. The molecule has 0 aliphatic carbocycles. The lowest BCUT2D eigenvalue weighted by atomic mass is 10.1. The Morgan fingerprint density at radius 1 is 1.14 bits per heavy atom. The van der Waals surface area contributed by atoms with Gasteiger partial charge in [-0.05, 0) is 24.5 Å². The monoisotopic (exact) mass is 196 g/mol. The molecule has 0 radical (unpaired) electrons.